The largest absolute Gasteiger partial charge is 0.481 e. The number of nitrogens with zero attached hydrogens (tertiary/aromatic N) is 2. The second kappa shape index (κ2) is 9.15. The van der Waals surface area contributed by atoms with E-state index in [2.05, 4.69) is 14.7 Å². The zero-order valence-electron chi connectivity index (χ0n) is 16.2. The first-order valence-electron chi connectivity index (χ1n) is 8.68. The van der Waals surface area contributed by atoms with Crippen molar-refractivity contribution < 1.29 is 17.9 Å². The van der Waals surface area contributed by atoms with Crippen LogP contribution in [0.15, 0.2) is 64.4 Å². The summed E-state index contributed by atoms with van der Waals surface area (Å²) in [6, 6.07) is 15.5. The number of thioether (sulfide) groups is 1. The van der Waals surface area contributed by atoms with Crippen molar-refractivity contribution in [3.63, 3.8) is 0 Å². The van der Waals surface area contributed by atoms with Gasteiger partial charge in [0.15, 0.2) is 0 Å². The van der Waals surface area contributed by atoms with Crippen LogP contribution in [0, 0.1) is 6.92 Å². The Balaban J connectivity index is 1.65. The highest BCUT2D eigenvalue weighted by atomic mass is 32.2. The third kappa shape index (κ3) is 5.61. The van der Waals surface area contributed by atoms with Gasteiger partial charge in [0.25, 0.3) is 10.0 Å². The van der Waals surface area contributed by atoms with E-state index in [9.17, 15) is 8.42 Å². The van der Waals surface area contributed by atoms with Crippen LogP contribution in [-0.2, 0) is 15.8 Å². The molecular formula is C20H21N3O4S2. The Morgan fingerprint density at radius 3 is 2.07 bits per heavy atom. The highest BCUT2D eigenvalue weighted by Gasteiger charge is 2.14. The van der Waals surface area contributed by atoms with Crippen molar-refractivity contribution in [1.82, 2.24) is 9.97 Å². The summed E-state index contributed by atoms with van der Waals surface area (Å²) in [6.45, 7) is 1.91. The number of hydrogen-bond donors (Lipinski definition) is 1. The van der Waals surface area contributed by atoms with Gasteiger partial charge >= 0.3 is 0 Å². The molecule has 0 amide bonds. The molecule has 0 unspecified atom stereocenters. The molecule has 0 spiro atoms. The zero-order valence-corrected chi connectivity index (χ0v) is 17.9. The normalized spacial score (nSPS) is 11.1. The first-order chi connectivity index (χ1) is 13.9. The van der Waals surface area contributed by atoms with E-state index < -0.39 is 10.0 Å². The van der Waals surface area contributed by atoms with E-state index in [4.69, 9.17) is 9.47 Å². The lowest BCUT2D eigenvalue weighted by atomic mass is 10.2. The predicted octanol–water partition coefficient (Wildman–Crippen LogP) is 3.90. The molecular weight excluding hydrogens is 410 g/mol. The molecule has 1 aromatic heterocycles. The first kappa shape index (κ1) is 20.9. The second-order valence-electron chi connectivity index (χ2n) is 6.10. The van der Waals surface area contributed by atoms with Crippen LogP contribution in [0.4, 0.5) is 5.69 Å². The Labute approximate surface area is 174 Å². The van der Waals surface area contributed by atoms with E-state index in [0.29, 0.717) is 29.0 Å². The average molecular weight is 432 g/mol. The maximum atomic E-state index is 12.5. The fourth-order valence-corrected chi connectivity index (χ4v) is 4.23. The van der Waals surface area contributed by atoms with Crippen LogP contribution in [0.3, 0.4) is 0 Å². The van der Waals surface area contributed by atoms with Crippen molar-refractivity contribution in [2.24, 2.45) is 0 Å². The van der Waals surface area contributed by atoms with Gasteiger partial charge in [-0.2, -0.15) is 9.97 Å². The third-order valence-corrected chi connectivity index (χ3v) is 6.35. The molecule has 0 fully saturated rings. The molecule has 1 heterocycles. The molecule has 0 bridgehead atoms. The highest BCUT2D eigenvalue weighted by molar-refractivity contribution is 7.98. The SMILES string of the molecule is COc1cc(OC)nc(CSc2ccc(NS(=O)(=O)c3ccc(C)cc3)cc2)n1. The summed E-state index contributed by atoms with van der Waals surface area (Å²) in [7, 11) is -0.545. The van der Waals surface area contributed by atoms with Gasteiger partial charge in [0.05, 0.1) is 30.9 Å². The van der Waals surface area contributed by atoms with Crippen LogP contribution in [-0.4, -0.2) is 32.6 Å². The minimum absolute atomic E-state index is 0.227. The van der Waals surface area contributed by atoms with Gasteiger partial charge in [-0.05, 0) is 43.3 Å². The van der Waals surface area contributed by atoms with Crippen molar-refractivity contribution in [1.29, 1.82) is 0 Å². The molecule has 1 N–H and O–H groups in total. The summed E-state index contributed by atoms with van der Waals surface area (Å²) in [5.41, 5.74) is 1.50. The Bertz CT molecular complexity index is 1050. The molecule has 0 aliphatic rings. The predicted molar refractivity (Wildman–Crippen MR) is 113 cm³/mol. The summed E-state index contributed by atoms with van der Waals surface area (Å²) < 4.78 is 37.8. The number of hydrogen-bond acceptors (Lipinski definition) is 7. The molecule has 0 aliphatic heterocycles. The standard InChI is InChI=1S/C20H21N3O4S2/c1-14-4-10-17(11-5-14)29(24,25)23-15-6-8-16(9-7-15)28-13-18-21-19(26-2)12-20(22-18)27-3/h4-12,23H,13H2,1-3H3. The number of rotatable bonds is 8. The van der Waals surface area contributed by atoms with Gasteiger partial charge in [0.1, 0.15) is 5.82 Å². The van der Waals surface area contributed by atoms with E-state index in [0.717, 1.165) is 10.5 Å². The summed E-state index contributed by atoms with van der Waals surface area (Å²) in [5.74, 6) is 1.97. The van der Waals surface area contributed by atoms with Crippen LogP contribution in [0.1, 0.15) is 11.4 Å². The Morgan fingerprint density at radius 1 is 0.931 bits per heavy atom. The Hall–Kier alpha value is -2.78. The number of benzene rings is 2. The molecule has 29 heavy (non-hydrogen) atoms. The molecule has 0 atom stereocenters. The summed E-state index contributed by atoms with van der Waals surface area (Å²) in [4.78, 5) is 9.77. The van der Waals surface area contributed by atoms with E-state index in [1.807, 2.05) is 19.1 Å². The minimum Gasteiger partial charge on any atom is -0.481 e. The summed E-state index contributed by atoms with van der Waals surface area (Å²) in [6.07, 6.45) is 0. The number of ether oxygens (including phenoxy) is 2. The highest BCUT2D eigenvalue weighted by Crippen LogP contribution is 2.26. The summed E-state index contributed by atoms with van der Waals surface area (Å²) in [5, 5.41) is 0. The number of aromatic nitrogens is 2. The van der Waals surface area contributed by atoms with Gasteiger partial charge < -0.3 is 9.47 Å². The summed E-state index contributed by atoms with van der Waals surface area (Å²) >= 11 is 1.52. The van der Waals surface area contributed by atoms with Gasteiger partial charge in [0, 0.05) is 10.6 Å². The Kier molecular flexibility index (Phi) is 6.60. The van der Waals surface area contributed by atoms with Gasteiger partial charge in [-0.3, -0.25) is 4.72 Å². The number of methoxy groups -OCH3 is 2. The van der Waals surface area contributed by atoms with Crippen molar-refractivity contribution in [3.05, 3.63) is 66.0 Å². The number of aryl methyl sites for hydroxylation is 1. The fraction of sp³-hybridized carbons (Fsp3) is 0.200. The maximum absolute atomic E-state index is 12.5. The molecule has 0 aliphatic carbocycles. The smallest absolute Gasteiger partial charge is 0.261 e. The van der Waals surface area contributed by atoms with E-state index in [1.165, 1.54) is 26.0 Å². The van der Waals surface area contributed by atoms with E-state index in [-0.39, 0.29) is 4.90 Å². The first-order valence-corrected chi connectivity index (χ1v) is 11.1. The molecule has 152 valence electrons. The number of anilines is 1. The van der Waals surface area contributed by atoms with Crippen LogP contribution in [0.2, 0.25) is 0 Å². The quantitative estimate of drug-likeness (QED) is 0.541. The number of sulfonamides is 1. The second-order valence-corrected chi connectivity index (χ2v) is 8.83. The van der Waals surface area contributed by atoms with Gasteiger partial charge in [-0.1, -0.05) is 17.7 Å². The van der Waals surface area contributed by atoms with Crippen molar-refractivity contribution in [2.45, 2.75) is 22.5 Å². The van der Waals surface area contributed by atoms with Crippen LogP contribution >= 0.6 is 11.8 Å². The van der Waals surface area contributed by atoms with Crippen molar-refractivity contribution >= 4 is 27.5 Å². The fourth-order valence-electron chi connectivity index (χ4n) is 2.42. The van der Waals surface area contributed by atoms with Gasteiger partial charge in [-0.15, -0.1) is 11.8 Å². The average Bonchev–Trinajstić information content (AvgIpc) is 2.73. The lowest BCUT2D eigenvalue weighted by Gasteiger charge is -2.09. The maximum Gasteiger partial charge on any atom is 0.261 e. The third-order valence-electron chi connectivity index (χ3n) is 3.95. The monoisotopic (exact) mass is 431 g/mol. The molecule has 7 nitrogen and oxygen atoms in total. The number of nitrogens with one attached hydrogen (secondary N) is 1. The van der Waals surface area contributed by atoms with Gasteiger partial charge in [-0.25, -0.2) is 8.42 Å². The molecule has 9 heteroatoms. The molecule has 3 rings (SSSR count). The molecule has 3 aromatic rings. The topological polar surface area (TPSA) is 90.4 Å². The van der Waals surface area contributed by atoms with Gasteiger partial charge in [0.2, 0.25) is 11.8 Å². The molecule has 0 radical (unpaired) electrons. The van der Waals surface area contributed by atoms with E-state index >= 15 is 0 Å². The van der Waals surface area contributed by atoms with Crippen LogP contribution in [0.5, 0.6) is 11.8 Å². The van der Waals surface area contributed by atoms with Crippen molar-refractivity contribution in [3.8, 4) is 11.8 Å². The minimum atomic E-state index is -3.62. The lowest BCUT2D eigenvalue weighted by molar-refractivity contribution is 0.369. The molecule has 0 saturated heterocycles. The van der Waals surface area contributed by atoms with Crippen LogP contribution < -0.4 is 14.2 Å². The van der Waals surface area contributed by atoms with E-state index in [1.54, 1.807) is 42.5 Å². The lowest BCUT2D eigenvalue weighted by Crippen LogP contribution is -2.12. The molecule has 0 saturated carbocycles. The van der Waals surface area contributed by atoms with Crippen molar-refractivity contribution in [2.75, 3.05) is 18.9 Å². The van der Waals surface area contributed by atoms with Crippen LogP contribution in [0.25, 0.3) is 0 Å². The zero-order chi connectivity index (χ0) is 20.9. The Morgan fingerprint density at radius 2 is 1.52 bits per heavy atom. The molecule has 2 aromatic carbocycles.